The van der Waals surface area contributed by atoms with Gasteiger partial charge in [0.05, 0.1) is 24.1 Å². The molecule has 2 aromatic carbocycles. The molecular formula is C30H35FN4O3. The summed E-state index contributed by atoms with van der Waals surface area (Å²) in [6, 6.07) is 13.2. The third-order valence-electron chi connectivity index (χ3n) is 6.78. The standard InChI is InChI=1S/C30H35FN4O3/c1-17(32)11-20-12-21(13-27(38-4)28(20)33)29(36)34-16-24(18-5-6-18)26-15-22(30(2,3)37)14-25(35-26)19-7-9-23(31)10-8-19/h7-15,18,24,37H,5-6,16,32-33H2,1-4H3,(H,34,36)/b17-11-. The smallest absolute Gasteiger partial charge is 0.251 e. The summed E-state index contributed by atoms with van der Waals surface area (Å²) in [6.45, 7) is 5.55. The van der Waals surface area contributed by atoms with Gasteiger partial charge in [-0.3, -0.25) is 9.78 Å². The lowest BCUT2D eigenvalue weighted by Gasteiger charge is -2.23. The lowest BCUT2D eigenvalue weighted by atomic mass is 9.91. The highest BCUT2D eigenvalue weighted by Crippen LogP contribution is 2.43. The van der Waals surface area contributed by atoms with Gasteiger partial charge in [-0.05, 0) is 99.7 Å². The molecule has 1 aromatic heterocycles. The maximum absolute atomic E-state index is 13.5. The van der Waals surface area contributed by atoms with Crippen molar-refractivity contribution in [1.82, 2.24) is 10.3 Å². The summed E-state index contributed by atoms with van der Waals surface area (Å²) in [6.07, 6.45) is 3.76. The van der Waals surface area contributed by atoms with E-state index in [0.29, 0.717) is 52.0 Å². The molecule has 0 radical (unpaired) electrons. The van der Waals surface area contributed by atoms with Gasteiger partial charge < -0.3 is 26.6 Å². The van der Waals surface area contributed by atoms with Crippen LogP contribution in [0.15, 0.2) is 54.2 Å². The number of pyridine rings is 1. The maximum Gasteiger partial charge on any atom is 0.251 e. The Balaban J connectivity index is 1.65. The molecule has 1 fully saturated rings. The van der Waals surface area contributed by atoms with Crippen LogP contribution in [0, 0.1) is 11.7 Å². The molecule has 0 spiro atoms. The van der Waals surface area contributed by atoms with E-state index in [-0.39, 0.29) is 17.6 Å². The number of nitrogens with zero attached hydrogens (tertiary/aromatic N) is 1. The van der Waals surface area contributed by atoms with Crippen molar-refractivity contribution in [2.45, 2.75) is 45.1 Å². The second kappa shape index (κ2) is 10.8. The molecule has 0 aliphatic heterocycles. The van der Waals surface area contributed by atoms with Crippen LogP contribution in [0.1, 0.15) is 66.7 Å². The number of halogens is 1. The van der Waals surface area contributed by atoms with Gasteiger partial charge in [0.2, 0.25) is 0 Å². The molecule has 0 saturated heterocycles. The minimum absolute atomic E-state index is 0.0539. The number of hydrogen-bond acceptors (Lipinski definition) is 6. The highest BCUT2D eigenvalue weighted by molar-refractivity contribution is 5.96. The SMILES string of the molecule is COc1cc(C(=O)NCC(c2cc(C(C)(C)O)cc(-c3ccc(F)cc3)n2)C2CC2)cc(/C=C(/C)N)c1N. The van der Waals surface area contributed by atoms with E-state index >= 15 is 0 Å². The Bertz CT molecular complexity index is 1360. The summed E-state index contributed by atoms with van der Waals surface area (Å²) in [5, 5.41) is 13.9. The van der Waals surface area contributed by atoms with Crippen LogP contribution in [0.3, 0.4) is 0 Å². The fourth-order valence-electron chi connectivity index (χ4n) is 4.49. The first kappa shape index (κ1) is 27.1. The Labute approximate surface area is 222 Å². The van der Waals surface area contributed by atoms with Gasteiger partial charge in [0, 0.05) is 40.5 Å². The lowest BCUT2D eigenvalue weighted by Crippen LogP contribution is -2.30. The molecule has 7 nitrogen and oxygen atoms in total. The maximum atomic E-state index is 13.5. The molecule has 0 bridgehead atoms. The van der Waals surface area contributed by atoms with Gasteiger partial charge >= 0.3 is 0 Å². The van der Waals surface area contributed by atoms with Crippen molar-refractivity contribution in [2.24, 2.45) is 11.7 Å². The zero-order valence-electron chi connectivity index (χ0n) is 22.2. The number of nitrogens with two attached hydrogens (primary N) is 2. The van der Waals surface area contributed by atoms with Gasteiger partial charge in [-0.1, -0.05) is 0 Å². The predicted octanol–water partition coefficient (Wildman–Crippen LogP) is 4.95. The molecule has 1 aliphatic rings. The molecule has 1 atom stereocenters. The van der Waals surface area contributed by atoms with Crippen LogP contribution >= 0.6 is 0 Å². The van der Waals surface area contributed by atoms with Crippen LogP contribution in [0.25, 0.3) is 17.3 Å². The predicted molar refractivity (Wildman–Crippen MR) is 148 cm³/mol. The molecule has 38 heavy (non-hydrogen) atoms. The zero-order chi connectivity index (χ0) is 27.6. The summed E-state index contributed by atoms with van der Waals surface area (Å²) in [5.74, 6) is 0.107. The van der Waals surface area contributed by atoms with E-state index < -0.39 is 5.60 Å². The number of methoxy groups -OCH3 is 1. The van der Waals surface area contributed by atoms with Gasteiger partial charge in [0.1, 0.15) is 11.6 Å². The fourth-order valence-corrected chi connectivity index (χ4v) is 4.49. The number of benzene rings is 2. The number of anilines is 1. The Morgan fingerprint density at radius 1 is 1.24 bits per heavy atom. The summed E-state index contributed by atoms with van der Waals surface area (Å²) >= 11 is 0. The number of amides is 1. The minimum Gasteiger partial charge on any atom is -0.495 e. The number of rotatable bonds is 9. The fraction of sp³-hybridized carbons (Fsp3) is 0.333. The number of carbonyl (C=O) groups is 1. The molecule has 1 aliphatic carbocycles. The monoisotopic (exact) mass is 518 g/mol. The third-order valence-corrected chi connectivity index (χ3v) is 6.78. The van der Waals surface area contributed by atoms with Crippen molar-refractivity contribution in [3.05, 3.63) is 82.4 Å². The number of allylic oxidation sites excluding steroid dienone is 1. The van der Waals surface area contributed by atoms with E-state index in [1.165, 1.54) is 19.2 Å². The normalized spacial score (nSPS) is 14.7. The van der Waals surface area contributed by atoms with Crippen molar-refractivity contribution < 1.29 is 19.0 Å². The van der Waals surface area contributed by atoms with Gasteiger partial charge in [0.15, 0.2) is 0 Å². The third kappa shape index (κ3) is 6.31. The van der Waals surface area contributed by atoms with E-state index in [4.69, 9.17) is 21.2 Å². The Kier molecular flexibility index (Phi) is 7.73. The number of aromatic nitrogens is 1. The van der Waals surface area contributed by atoms with Crippen LogP contribution in [-0.2, 0) is 5.60 Å². The van der Waals surface area contributed by atoms with Crippen molar-refractivity contribution in [1.29, 1.82) is 0 Å². The highest BCUT2D eigenvalue weighted by atomic mass is 19.1. The van der Waals surface area contributed by atoms with Crippen molar-refractivity contribution in [3.63, 3.8) is 0 Å². The highest BCUT2D eigenvalue weighted by Gasteiger charge is 2.34. The van der Waals surface area contributed by atoms with E-state index in [9.17, 15) is 14.3 Å². The second-order valence-corrected chi connectivity index (χ2v) is 10.5. The Hall–Kier alpha value is -3.91. The van der Waals surface area contributed by atoms with E-state index in [0.717, 1.165) is 24.1 Å². The molecule has 3 aromatic rings. The van der Waals surface area contributed by atoms with Crippen LogP contribution in [0.4, 0.5) is 10.1 Å². The van der Waals surface area contributed by atoms with Gasteiger partial charge in [0.25, 0.3) is 5.91 Å². The summed E-state index contributed by atoms with van der Waals surface area (Å²) in [5.41, 5.74) is 15.8. The second-order valence-electron chi connectivity index (χ2n) is 10.5. The van der Waals surface area contributed by atoms with Crippen molar-refractivity contribution >= 4 is 17.7 Å². The van der Waals surface area contributed by atoms with Crippen LogP contribution in [-0.4, -0.2) is 29.7 Å². The number of aliphatic hydroxyl groups is 1. The summed E-state index contributed by atoms with van der Waals surface area (Å²) in [4.78, 5) is 18.1. The zero-order valence-corrected chi connectivity index (χ0v) is 22.2. The summed E-state index contributed by atoms with van der Waals surface area (Å²) < 4.78 is 18.9. The number of nitrogen functional groups attached to an aromatic ring is 1. The van der Waals surface area contributed by atoms with Crippen molar-refractivity contribution in [2.75, 3.05) is 19.4 Å². The number of hydrogen-bond donors (Lipinski definition) is 4. The summed E-state index contributed by atoms with van der Waals surface area (Å²) in [7, 11) is 1.50. The lowest BCUT2D eigenvalue weighted by molar-refractivity contribution is 0.0783. The van der Waals surface area contributed by atoms with E-state index in [2.05, 4.69) is 5.32 Å². The number of ether oxygens (including phenoxy) is 1. The molecule has 6 N–H and O–H groups in total. The minimum atomic E-state index is -1.10. The molecule has 200 valence electrons. The molecular weight excluding hydrogens is 483 g/mol. The largest absolute Gasteiger partial charge is 0.495 e. The first-order valence-corrected chi connectivity index (χ1v) is 12.7. The molecule has 1 saturated carbocycles. The van der Waals surface area contributed by atoms with E-state index in [1.54, 1.807) is 51.1 Å². The Morgan fingerprint density at radius 3 is 2.50 bits per heavy atom. The van der Waals surface area contributed by atoms with E-state index in [1.807, 2.05) is 12.1 Å². The molecule has 1 amide bonds. The van der Waals surface area contributed by atoms with Gasteiger partial charge in [-0.2, -0.15) is 0 Å². The van der Waals surface area contributed by atoms with Crippen molar-refractivity contribution in [3.8, 4) is 17.0 Å². The average molecular weight is 519 g/mol. The first-order valence-electron chi connectivity index (χ1n) is 12.7. The average Bonchev–Trinajstić information content (AvgIpc) is 3.70. The first-order chi connectivity index (χ1) is 18.0. The number of nitrogens with one attached hydrogen (secondary N) is 1. The number of carbonyl (C=O) groups excluding carboxylic acids is 1. The van der Waals surface area contributed by atoms with Gasteiger partial charge in [-0.15, -0.1) is 0 Å². The van der Waals surface area contributed by atoms with Gasteiger partial charge in [-0.25, -0.2) is 4.39 Å². The molecule has 1 heterocycles. The van der Waals surface area contributed by atoms with Crippen LogP contribution in [0.2, 0.25) is 0 Å². The quantitative estimate of drug-likeness (QED) is 0.297. The topological polar surface area (TPSA) is 123 Å². The molecule has 1 unspecified atom stereocenters. The van der Waals surface area contributed by atoms with Crippen LogP contribution in [0.5, 0.6) is 5.75 Å². The Morgan fingerprint density at radius 2 is 1.92 bits per heavy atom. The van der Waals surface area contributed by atoms with Crippen LogP contribution < -0.4 is 21.5 Å². The molecule has 8 heteroatoms. The molecule has 4 rings (SSSR count).